The van der Waals surface area contributed by atoms with Gasteiger partial charge in [0.1, 0.15) is 0 Å². The lowest BCUT2D eigenvalue weighted by Gasteiger charge is -2.17. The lowest BCUT2D eigenvalue weighted by Crippen LogP contribution is -3.00. The smallest absolute Gasteiger partial charge is 0.0830 e. The first-order chi connectivity index (χ1) is 13.3. The summed E-state index contributed by atoms with van der Waals surface area (Å²) in [7, 11) is 0. The van der Waals surface area contributed by atoms with Crippen molar-refractivity contribution in [2.75, 3.05) is 13.1 Å². The van der Waals surface area contributed by atoms with Gasteiger partial charge >= 0.3 is 0 Å². The van der Waals surface area contributed by atoms with E-state index in [9.17, 15) is 0 Å². The van der Waals surface area contributed by atoms with Gasteiger partial charge in [-0.25, -0.2) is 0 Å². The van der Waals surface area contributed by atoms with Crippen LogP contribution in [-0.4, -0.2) is 25.2 Å². The molecule has 0 rings (SSSR count). The van der Waals surface area contributed by atoms with E-state index in [0.717, 1.165) is 35.8 Å². The summed E-state index contributed by atoms with van der Waals surface area (Å²) in [6.07, 6.45) is 13.9. The van der Waals surface area contributed by atoms with Crippen LogP contribution in [0.1, 0.15) is 120 Å². The molecule has 6 unspecified atom stereocenters. The highest BCUT2D eigenvalue weighted by Gasteiger charge is 2.13. The van der Waals surface area contributed by atoms with Crippen molar-refractivity contribution in [1.29, 1.82) is 0 Å². The number of hydrogen-bond donors (Lipinski definition) is 2. The minimum absolute atomic E-state index is 0. The summed E-state index contributed by atoms with van der Waals surface area (Å²) in [5.74, 6) is 3.55. The van der Waals surface area contributed by atoms with E-state index in [1.807, 2.05) is 0 Å². The van der Waals surface area contributed by atoms with Crippen molar-refractivity contribution in [2.45, 2.75) is 132 Å². The standard InChI is InChI=1S/C26H56N2.2ClH/c1-9-21(3)15-17-23(5)19-27-25(7)13-11-12-14-26(8)28-20-24(6)18-16-22(4)10-2;;/h21-28H,9-20H2,1-8H3;2*1H. The molecular weight excluding hydrogens is 411 g/mol. The average molecular weight is 470 g/mol. The van der Waals surface area contributed by atoms with Crippen LogP contribution in [0.3, 0.4) is 0 Å². The topological polar surface area (TPSA) is 33.2 Å². The van der Waals surface area contributed by atoms with E-state index in [1.54, 1.807) is 0 Å². The average Bonchev–Trinajstić information content (AvgIpc) is 2.69. The van der Waals surface area contributed by atoms with Gasteiger partial charge in [0.25, 0.3) is 0 Å². The van der Waals surface area contributed by atoms with Crippen LogP contribution in [0.4, 0.5) is 0 Å². The van der Waals surface area contributed by atoms with Gasteiger partial charge in [0, 0.05) is 11.8 Å². The molecule has 2 nitrogen and oxygen atoms in total. The summed E-state index contributed by atoms with van der Waals surface area (Å²) in [5.41, 5.74) is 0. The van der Waals surface area contributed by atoms with Crippen molar-refractivity contribution in [2.24, 2.45) is 23.7 Å². The van der Waals surface area contributed by atoms with Crippen LogP contribution in [-0.2, 0) is 0 Å². The number of rotatable bonds is 19. The summed E-state index contributed by atoms with van der Waals surface area (Å²) in [4.78, 5) is 0. The van der Waals surface area contributed by atoms with E-state index in [0.29, 0.717) is 0 Å². The number of quaternary nitrogens is 2. The molecule has 0 saturated heterocycles. The zero-order chi connectivity index (χ0) is 21.4. The predicted octanol–water partition coefficient (Wildman–Crippen LogP) is -0.617. The molecule has 0 heterocycles. The molecule has 4 N–H and O–H groups in total. The van der Waals surface area contributed by atoms with Crippen LogP contribution in [0.2, 0.25) is 0 Å². The Morgan fingerprint density at radius 3 is 1.07 bits per heavy atom. The van der Waals surface area contributed by atoms with Gasteiger partial charge in [-0.2, -0.15) is 0 Å². The molecule has 0 saturated carbocycles. The Morgan fingerprint density at radius 2 is 0.767 bits per heavy atom. The molecule has 0 amide bonds. The molecule has 0 aliphatic carbocycles. The molecule has 0 aromatic heterocycles. The van der Waals surface area contributed by atoms with E-state index >= 15 is 0 Å². The van der Waals surface area contributed by atoms with Crippen molar-refractivity contribution in [3.05, 3.63) is 0 Å². The van der Waals surface area contributed by atoms with Crippen LogP contribution >= 0.6 is 0 Å². The van der Waals surface area contributed by atoms with Gasteiger partial charge in [0.15, 0.2) is 0 Å². The molecule has 6 atom stereocenters. The summed E-state index contributed by atoms with van der Waals surface area (Å²) in [6.45, 7) is 21.8. The molecule has 30 heavy (non-hydrogen) atoms. The van der Waals surface area contributed by atoms with Gasteiger partial charge < -0.3 is 35.4 Å². The zero-order valence-electron chi connectivity index (χ0n) is 21.9. The highest BCUT2D eigenvalue weighted by Crippen LogP contribution is 2.14. The lowest BCUT2D eigenvalue weighted by molar-refractivity contribution is -0.693. The van der Waals surface area contributed by atoms with Crippen molar-refractivity contribution in [1.82, 2.24) is 0 Å². The number of halogens is 2. The van der Waals surface area contributed by atoms with Crippen LogP contribution in [0.5, 0.6) is 0 Å². The van der Waals surface area contributed by atoms with Crippen molar-refractivity contribution in [3.63, 3.8) is 0 Å². The van der Waals surface area contributed by atoms with Crippen molar-refractivity contribution in [3.8, 4) is 0 Å². The second-order valence-corrected chi connectivity index (χ2v) is 10.6. The first-order valence-electron chi connectivity index (χ1n) is 12.9. The van der Waals surface area contributed by atoms with E-state index in [1.165, 1.54) is 77.3 Å². The first kappa shape index (κ1) is 35.1. The fourth-order valence-corrected chi connectivity index (χ4v) is 3.88. The number of unbranched alkanes of at least 4 members (excludes halogenated alkanes) is 1. The first-order valence-corrected chi connectivity index (χ1v) is 12.9. The van der Waals surface area contributed by atoms with E-state index < -0.39 is 0 Å². The Kier molecular flexibility index (Phi) is 26.5. The Balaban J connectivity index is -0.00000364. The van der Waals surface area contributed by atoms with E-state index in [-0.39, 0.29) is 24.8 Å². The summed E-state index contributed by atoms with van der Waals surface area (Å²) >= 11 is 0. The minimum Gasteiger partial charge on any atom is -1.00 e. The third-order valence-corrected chi connectivity index (χ3v) is 7.15. The molecule has 0 spiro atoms. The second kappa shape index (κ2) is 22.7. The molecule has 4 heteroatoms. The third kappa shape index (κ3) is 21.7. The van der Waals surface area contributed by atoms with Crippen molar-refractivity contribution >= 4 is 0 Å². The van der Waals surface area contributed by atoms with Crippen LogP contribution < -0.4 is 35.4 Å². The minimum atomic E-state index is 0. The van der Waals surface area contributed by atoms with Crippen LogP contribution in [0, 0.1) is 23.7 Å². The Hall–Kier alpha value is 0.500. The summed E-state index contributed by atoms with van der Waals surface area (Å²) < 4.78 is 0. The SMILES string of the molecule is CCC(C)CCC(C)C[NH2+]C(C)CCCCC(C)[NH2+]CC(C)CCC(C)CC.[Cl-].[Cl-]. The fourth-order valence-electron chi connectivity index (χ4n) is 3.88. The maximum Gasteiger partial charge on any atom is 0.0830 e. The molecule has 0 aliphatic rings. The molecule has 186 valence electrons. The Morgan fingerprint density at radius 1 is 0.467 bits per heavy atom. The maximum atomic E-state index is 2.61. The number of hydrogen-bond acceptors (Lipinski definition) is 0. The summed E-state index contributed by atoms with van der Waals surface area (Å²) in [5, 5.41) is 5.21. The lowest BCUT2D eigenvalue weighted by atomic mass is 9.96. The fraction of sp³-hybridized carbons (Fsp3) is 1.00. The Bertz CT molecular complexity index is 309. The molecular formula is C26H58Cl2N2. The highest BCUT2D eigenvalue weighted by atomic mass is 35.5. The monoisotopic (exact) mass is 468 g/mol. The molecule has 0 aliphatic heterocycles. The van der Waals surface area contributed by atoms with Gasteiger partial charge in [0.2, 0.25) is 0 Å². The van der Waals surface area contributed by atoms with E-state index in [4.69, 9.17) is 0 Å². The van der Waals surface area contributed by atoms with Crippen LogP contribution in [0.25, 0.3) is 0 Å². The molecule has 0 fully saturated rings. The highest BCUT2D eigenvalue weighted by molar-refractivity contribution is 4.58. The van der Waals surface area contributed by atoms with Crippen molar-refractivity contribution < 1.29 is 35.4 Å². The second-order valence-electron chi connectivity index (χ2n) is 10.6. The Labute approximate surface area is 203 Å². The van der Waals surface area contributed by atoms with Crippen LogP contribution in [0.15, 0.2) is 0 Å². The van der Waals surface area contributed by atoms with Gasteiger partial charge in [-0.3, -0.25) is 0 Å². The van der Waals surface area contributed by atoms with Gasteiger partial charge in [-0.05, 0) is 64.2 Å². The third-order valence-electron chi connectivity index (χ3n) is 7.15. The predicted molar refractivity (Wildman–Crippen MR) is 127 cm³/mol. The van der Waals surface area contributed by atoms with Gasteiger partial charge in [-0.15, -0.1) is 0 Å². The maximum absolute atomic E-state index is 2.61. The largest absolute Gasteiger partial charge is 1.00 e. The quantitative estimate of drug-likeness (QED) is 0.237. The normalized spacial score (nSPS) is 17.2. The summed E-state index contributed by atoms with van der Waals surface area (Å²) in [6, 6.07) is 1.59. The number of nitrogens with two attached hydrogens (primary N) is 2. The molecule has 0 bridgehead atoms. The van der Waals surface area contributed by atoms with E-state index in [2.05, 4.69) is 66.0 Å². The van der Waals surface area contributed by atoms with Gasteiger partial charge in [0.05, 0.1) is 25.2 Å². The zero-order valence-corrected chi connectivity index (χ0v) is 23.4. The molecule has 0 aromatic carbocycles. The molecule has 0 radical (unpaired) electrons. The molecule has 0 aromatic rings. The van der Waals surface area contributed by atoms with Gasteiger partial charge in [-0.1, -0.05) is 67.2 Å².